The quantitative estimate of drug-likeness (QED) is 0.511. The van der Waals surface area contributed by atoms with E-state index < -0.39 is 0 Å². The molecule has 7 heteroatoms. The van der Waals surface area contributed by atoms with Gasteiger partial charge in [0.05, 0.1) is 33.9 Å². The monoisotopic (exact) mass is 440 g/mol. The van der Waals surface area contributed by atoms with E-state index in [1.165, 1.54) is 17.7 Å². The number of nitriles is 1. The van der Waals surface area contributed by atoms with Crippen LogP contribution in [0.25, 0.3) is 32.6 Å². The molecule has 0 radical (unpaired) electrons. The summed E-state index contributed by atoms with van der Waals surface area (Å²) >= 11 is 1.78. The fraction of sp³-hybridized carbons (Fsp3) is 0.320. The van der Waals surface area contributed by atoms with Crippen LogP contribution in [0.1, 0.15) is 18.4 Å². The van der Waals surface area contributed by atoms with Crippen molar-refractivity contribution in [1.82, 2.24) is 20.1 Å². The molecule has 2 aliphatic heterocycles. The van der Waals surface area contributed by atoms with Crippen LogP contribution in [0.3, 0.4) is 0 Å². The van der Waals surface area contributed by atoms with Crippen molar-refractivity contribution in [3.05, 3.63) is 54.2 Å². The Morgan fingerprint density at radius 2 is 1.97 bits per heavy atom. The first-order chi connectivity index (χ1) is 15.7. The van der Waals surface area contributed by atoms with Crippen LogP contribution in [0.2, 0.25) is 0 Å². The van der Waals surface area contributed by atoms with Crippen LogP contribution < -0.4 is 10.2 Å². The van der Waals surface area contributed by atoms with Gasteiger partial charge in [-0.25, -0.2) is 4.98 Å². The van der Waals surface area contributed by atoms with Crippen LogP contribution in [-0.2, 0) is 7.05 Å². The van der Waals surface area contributed by atoms with Crippen molar-refractivity contribution >= 4 is 27.4 Å². The third-order valence-electron chi connectivity index (χ3n) is 6.84. The summed E-state index contributed by atoms with van der Waals surface area (Å²) in [6, 6.07) is 17.2. The van der Waals surface area contributed by atoms with Crippen LogP contribution >= 0.6 is 11.3 Å². The highest BCUT2D eigenvalue weighted by molar-refractivity contribution is 7.19. The SMILES string of the molecule is Cn1ncc2cc(-c3sc(N4CCC5NCCC5C4)nc3-c3ccc(C#N)cc3)ccc21. The molecule has 2 aliphatic rings. The molecule has 2 aromatic carbocycles. The summed E-state index contributed by atoms with van der Waals surface area (Å²) in [4.78, 5) is 8.79. The lowest BCUT2D eigenvalue weighted by atomic mass is 9.94. The number of aryl methyl sites for hydroxylation is 1. The number of benzene rings is 2. The third kappa shape index (κ3) is 3.27. The van der Waals surface area contributed by atoms with Crippen LogP contribution in [0.4, 0.5) is 5.13 Å². The summed E-state index contributed by atoms with van der Waals surface area (Å²) in [5.74, 6) is 0.709. The maximum Gasteiger partial charge on any atom is 0.186 e. The minimum Gasteiger partial charge on any atom is -0.348 e. The molecule has 2 atom stereocenters. The van der Waals surface area contributed by atoms with E-state index in [1.54, 1.807) is 11.3 Å². The van der Waals surface area contributed by atoms with Crippen LogP contribution in [0.15, 0.2) is 48.7 Å². The highest BCUT2D eigenvalue weighted by Crippen LogP contribution is 2.42. The summed E-state index contributed by atoms with van der Waals surface area (Å²) in [6.07, 6.45) is 4.34. The Morgan fingerprint density at radius 1 is 1.12 bits per heavy atom. The van der Waals surface area contributed by atoms with Crippen LogP contribution in [-0.4, -0.2) is 40.4 Å². The largest absolute Gasteiger partial charge is 0.348 e. The van der Waals surface area contributed by atoms with Gasteiger partial charge in [0.2, 0.25) is 0 Å². The first kappa shape index (κ1) is 19.5. The highest BCUT2D eigenvalue weighted by atomic mass is 32.1. The van der Waals surface area contributed by atoms with Crippen molar-refractivity contribution < 1.29 is 0 Å². The standard InChI is InChI=1S/C25H24N6S/c1-30-22-7-6-18(12-20(22)14-28-30)24-23(17-4-2-16(13-26)3-5-17)29-25(32-24)31-11-9-21-19(15-31)8-10-27-21/h2-7,12,14,19,21,27H,8-11,15H2,1H3. The van der Waals surface area contributed by atoms with Crippen LogP contribution in [0, 0.1) is 17.2 Å². The smallest absolute Gasteiger partial charge is 0.186 e. The number of anilines is 1. The van der Waals surface area contributed by atoms with E-state index in [0.717, 1.165) is 52.5 Å². The normalized spacial score (nSPS) is 20.4. The van der Waals surface area contributed by atoms with Gasteiger partial charge in [-0.05, 0) is 55.1 Å². The summed E-state index contributed by atoms with van der Waals surface area (Å²) in [5.41, 5.74) is 4.98. The van der Waals surface area contributed by atoms with Gasteiger partial charge >= 0.3 is 0 Å². The number of hydrogen-bond donors (Lipinski definition) is 1. The number of rotatable bonds is 3. The van der Waals surface area contributed by atoms with Gasteiger partial charge in [-0.1, -0.05) is 29.5 Å². The molecule has 2 aromatic heterocycles. The minimum atomic E-state index is 0.664. The molecule has 1 N–H and O–H groups in total. The second-order valence-electron chi connectivity index (χ2n) is 8.75. The lowest BCUT2D eigenvalue weighted by molar-refractivity contribution is 0.376. The highest BCUT2D eigenvalue weighted by Gasteiger charge is 2.34. The van der Waals surface area contributed by atoms with Gasteiger partial charge in [0, 0.05) is 37.1 Å². The van der Waals surface area contributed by atoms with Crippen molar-refractivity contribution in [3.63, 3.8) is 0 Å². The summed E-state index contributed by atoms with van der Waals surface area (Å²) in [6.45, 7) is 3.24. The van der Waals surface area contributed by atoms with Gasteiger partial charge < -0.3 is 10.2 Å². The first-order valence-corrected chi connectivity index (χ1v) is 11.9. The Bertz CT molecular complexity index is 1330. The molecule has 0 spiro atoms. The Morgan fingerprint density at radius 3 is 2.81 bits per heavy atom. The molecule has 160 valence electrons. The van der Waals surface area contributed by atoms with Gasteiger partial charge in [0.25, 0.3) is 0 Å². The first-order valence-electron chi connectivity index (χ1n) is 11.1. The molecule has 2 saturated heterocycles. The van der Waals surface area contributed by atoms with Gasteiger partial charge in [0.15, 0.2) is 5.13 Å². The van der Waals surface area contributed by atoms with E-state index >= 15 is 0 Å². The van der Waals surface area contributed by atoms with Gasteiger partial charge in [-0.15, -0.1) is 0 Å². The minimum absolute atomic E-state index is 0.664. The molecule has 6 rings (SSSR count). The molecule has 0 aliphatic carbocycles. The van der Waals surface area contributed by atoms with Crippen LogP contribution in [0.5, 0.6) is 0 Å². The second kappa shape index (κ2) is 7.73. The molecule has 0 bridgehead atoms. The molecular weight excluding hydrogens is 416 g/mol. The molecule has 0 amide bonds. The Kier molecular flexibility index (Phi) is 4.71. The lowest BCUT2D eigenvalue weighted by Gasteiger charge is -2.34. The average Bonchev–Trinajstić information content (AvgIpc) is 3.57. The Hall–Kier alpha value is -3.21. The topological polar surface area (TPSA) is 69.8 Å². The lowest BCUT2D eigenvalue weighted by Crippen LogP contribution is -2.44. The Labute approximate surface area is 191 Å². The Balaban J connectivity index is 1.44. The number of hydrogen-bond acceptors (Lipinski definition) is 6. The van der Waals surface area contributed by atoms with Gasteiger partial charge in [-0.2, -0.15) is 10.4 Å². The average molecular weight is 441 g/mol. The number of nitrogens with one attached hydrogen (secondary N) is 1. The van der Waals surface area contributed by atoms with E-state index in [0.29, 0.717) is 17.5 Å². The molecule has 4 aromatic rings. The number of nitrogens with zero attached hydrogens (tertiary/aromatic N) is 5. The van der Waals surface area contributed by atoms with Crippen molar-refractivity contribution in [2.75, 3.05) is 24.5 Å². The summed E-state index contributed by atoms with van der Waals surface area (Å²) in [5, 5.41) is 19.5. The molecule has 4 heterocycles. The number of aromatic nitrogens is 3. The van der Waals surface area contributed by atoms with Gasteiger partial charge in [0.1, 0.15) is 0 Å². The van der Waals surface area contributed by atoms with Crippen molar-refractivity contribution in [3.8, 4) is 27.8 Å². The predicted octanol–water partition coefficient (Wildman–Crippen LogP) is 4.42. The zero-order chi connectivity index (χ0) is 21.7. The molecule has 2 unspecified atom stereocenters. The van der Waals surface area contributed by atoms with Crippen molar-refractivity contribution in [2.45, 2.75) is 18.9 Å². The molecule has 2 fully saturated rings. The zero-order valence-electron chi connectivity index (χ0n) is 18.0. The van der Waals surface area contributed by atoms with Crippen molar-refractivity contribution in [2.24, 2.45) is 13.0 Å². The van der Waals surface area contributed by atoms with E-state index in [1.807, 2.05) is 42.2 Å². The molecular formula is C25H24N6S. The van der Waals surface area contributed by atoms with Crippen molar-refractivity contribution in [1.29, 1.82) is 5.26 Å². The zero-order valence-corrected chi connectivity index (χ0v) is 18.8. The summed E-state index contributed by atoms with van der Waals surface area (Å²) < 4.78 is 1.90. The predicted molar refractivity (Wildman–Crippen MR) is 129 cm³/mol. The molecule has 6 nitrogen and oxygen atoms in total. The summed E-state index contributed by atoms with van der Waals surface area (Å²) in [7, 11) is 1.97. The fourth-order valence-corrected chi connectivity index (χ4v) is 6.18. The van der Waals surface area contributed by atoms with E-state index in [4.69, 9.17) is 4.98 Å². The number of piperidine rings is 1. The molecule has 32 heavy (non-hydrogen) atoms. The third-order valence-corrected chi connectivity index (χ3v) is 8.00. The fourth-order valence-electron chi connectivity index (χ4n) is 5.06. The maximum absolute atomic E-state index is 9.20. The van der Waals surface area contributed by atoms with E-state index in [-0.39, 0.29) is 0 Å². The van der Waals surface area contributed by atoms with Gasteiger partial charge in [-0.3, -0.25) is 4.68 Å². The number of fused-ring (bicyclic) bond motifs is 2. The number of thiazole rings is 1. The maximum atomic E-state index is 9.20. The van der Waals surface area contributed by atoms with E-state index in [9.17, 15) is 5.26 Å². The molecule has 0 saturated carbocycles. The second-order valence-corrected chi connectivity index (χ2v) is 9.73. The van der Waals surface area contributed by atoms with E-state index in [2.05, 4.69) is 39.6 Å².